The number of hydrogen-bond donors (Lipinski definition) is 2. The molecule has 4 aromatic rings. The lowest BCUT2D eigenvalue weighted by atomic mass is 10.1. The summed E-state index contributed by atoms with van der Waals surface area (Å²) in [5.41, 5.74) is 0.855. The minimum Gasteiger partial charge on any atom is -0.491 e. The molecular formula is C20H17N5O4. The monoisotopic (exact) mass is 391 g/mol. The molecule has 9 nitrogen and oxygen atoms in total. The maximum atomic E-state index is 12.8. The van der Waals surface area contributed by atoms with E-state index in [1.165, 1.54) is 6.20 Å². The SMILES string of the molecule is CCn1cc(C(=O)N=Nc2c(O)n(O)c3ccccc23)c(=O)c2ccc(C)nc21. The van der Waals surface area contributed by atoms with Gasteiger partial charge in [-0.1, -0.05) is 18.2 Å². The zero-order chi connectivity index (χ0) is 20.7. The largest absolute Gasteiger partial charge is 0.491 e. The summed E-state index contributed by atoms with van der Waals surface area (Å²) in [7, 11) is 0. The molecule has 0 radical (unpaired) electrons. The molecule has 1 aromatic carbocycles. The van der Waals surface area contributed by atoms with Gasteiger partial charge in [-0.15, -0.1) is 15.0 Å². The maximum absolute atomic E-state index is 12.8. The quantitative estimate of drug-likeness (QED) is 0.408. The van der Waals surface area contributed by atoms with Crippen LogP contribution in [0.5, 0.6) is 5.88 Å². The minimum absolute atomic E-state index is 0.0645. The average Bonchev–Trinajstić information content (AvgIpc) is 2.97. The molecule has 0 bridgehead atoms. The zero-order valence-corrected chi connectivity index (χ0v) is 15.7. The molecule has 0 fully saturated rings. The van der Waals surface area contributed by atoms with E-state index in [-0.39, 0.29) is 11.3 Å². The first kappa shape index (κ1) is 18.4. The topological polar surface area (TPSA) is 122 Å². The first-order valence-electron chi connectivity index (χ1n) is 8.91. The van der Waals surface area contributed by atoms with E-state index in [1.807, 2.05) is 13.8 Å². The second-order valence-corrected chi connectivity index (χ2v) is 6.49. The van der Waals surface area contributed by atoms with Gasteiger partial charge in [-0.25, -0.2) is 4.98 Å². The van der Waals surface area contributed by atoms with Gasteiger partial charge < -0.3 is 14.9 Å². The lowest BCUT2D eigenvalue weighted by Crippen LogP contribution is -2.18. The Morgan fingerprint density at radius 2 is 1.93 bits per heavy atom. The molecule has 29 heavy (non-hydrogen) atoms. The third-order valence-electron chi connectivity index (χ3n) is 4.67. The highest BCUT2D eigenvalue weighted by atomic mass is 16.5. The Hall–Kier alpha value is -4.01. The standard InChI is InChI=1S/C20H17N5O4/c1-3-24-10-14(17(26)13-9-8-11(2)21-18(13)24)19(27)23-22-16-12-6-4-5-7-15(12)25(29)20(16)28/h4-10,28-29H,3H2,1-2H3. The second-order valence-electron chi connectivity index (χ2n) is 6.49. The lowest BCUT2D eigenvalue weighted by molar-refractivity contribution is 0.0993. The van der Waals surface area contributed by atoms with Crippen molar-refractivity contribution in [2.45, 2.75) is 20.4 Å². The van der Waals surface area contributed by atoms with Gasteiger partial charge in [0.25, 0.3) is 5.88 Å². The highest BCUT2D eigenvalue weighted by Gasteiger charge is 2.18. The van der Waals surface area contributed by atoms with Gasteiger partial charge in [0.1, 0.15) is 11.2 Å². The summed E-state index contributed by atoms with van der Waals surface area (Å²) in [5.74, 6) is -1.40. The van der Waals surface area contributed by atoms with Crippen LogP contribution >= 0.6 is 0 Å². The summed E-state index contributed by atoms with van der Waals surface area (Å²) in [6.07, 6.45) is 1.41. The fraction of sp³-hybridized carbons (Fsp3) is 0.150. The Balaban J connectivity index is 1.81. The molecule has 9 heteroatoms. The summed E-state index contributed by atoms with van der Waals surface area (Å²) < 4.78 is 2.26. The van der Waals surface area contributed by atoms with Crippen LogP contribution in [0, 0.1) is 6.92 Å². The van der Waals surface area contributed by atoms with Crippen LogP contribution < -0.4 is 5.43 Å². The van der Waals surface area contributed by atoms with Crippen molar-refractivity contribution in [1.82, 2.24) is 14.3 Å². The van der Waals surface area contributed by atoms with Crippen molar-refractivity contribution in [2.24, 2.45) is 10.2 Å². The van der Waals surface area contributed by atoms with E-state index in [2.05, 4.69) is 15.2 Å². The van der Waals surface area contributed by atoms with Gasteiger partial charge in [-0.05, 0) is 32.0 Å². The number of pyridine rings is 2. The van der Waals surface area contributed by atoms with Gasteiger partial charge in [-0.3, -0.25) is 9.59 Å². The Morgan fingerprint density at radius 1 is 1.17 bits per heavy atom. The summed E-state index contributed by atoms with van der Waals surface area (Å²) in [6.45, 7) is 4.20. The smallest absolute Gasteiger partial charge is 0.300 e. The van der Waals surface area contributed by atoms with E-state index in [9.17, 15) is 19.9 Å². The van der Waals surface area contributed by atoms with Crippen LogP contribution in [0.4, 0.5) is 5.69 Å². The molecule has 0 unspecified atom stereocenters. The van der Waals surface area contributed by atoms with Crippen molar-refractivity contribution >= 4 is 33.5 Å². The van der Waals surface area contributed by atoms with Crippen LogP contribution in [0.2, 0.25) is 0 Å². The predicted octanol–water partition coefficient (Wildman–Crippen LogP) is 3.55. The molecular weight excluding hydrogens is 374 g/mol. The van der Waals surface area contributed by atoms with Gasteiger partial charge >= 0.3 is 5.91 Å². The molecule has 0 atom stereocenters. The summed E-state index contributed by atoms with van der Waals surface area (Å²) in [6, 6.07) is 9.90. The van der Waals surface area contributed by atoms with Crippen LogP contribution in [0.1, 0.15) is 23.0 Å². The summed E-state index contributed by atoms with van der Waals surface area (Å²) in [5, 5.41) is 28.2. The van der Waals surface area contributed by atoms with Crippen molar-refractivity contribution in [3.63, 3.8) is 0 Å². The number of aryl methyl sites for hydroxylation is 2. The number of aromatic hydroxyl groups is 1. The zero-order valence-electron chi connectivity index (χ0n) is 15.7. The van der Waals surface area contributed by atoms with Crippen LogP contribution in [0.3, 0.4) is 0 Å². The highest BCUT2D eigenvalue weighted by Crippen LogP contribution is 2.37. The van der Waals surface area contributed by atoms with E-state index >= 15 is 0 Å². The first-order chi connectivity index (χ1) is 13.9. The summed E-state index contributed by atoms with van der Waals surface area (Å²) in [4.78, 5) is 29.8. The first-order valence-corrected chi connectivity index (χ1v) is 8.91. The number of nitrogens with zero attached hydrogens (tertiary/aromatic N) is 5. The normalized spacial score (nSPS) is 11.7. The number of rotatable bonds is 3. The van der Waals surface area contributed by atoms with Crippen molar-refractivity contribution in [3.8, 4) is 5.88 Å². The number of aromatic nitrogens is 3. The summed E-state index contributed by atoms with van der Waals surface area (Å²) >= 11 is 0. The molecule has 3 heterocycles. The Bertz CT molecular complexity index is 1370. The average molecular weight is 391 g/mol. The van der Waals surface area contributed by atoms with Crippen LogP contribution in [0.25, 0.3) is 21.9 Å². The van der Waals surface area contributed by atoms with Crippen molar-refractivity contribution in [3.05, 3.63) is 64.1 Å². The maximum Gasteiger partial charge on any atom is 0.300 e. The number of hydrogen-bond acceptors (Lipinski definition) is 6. The molecule has 0 aliphatic carbocycles. The van der Waals surface area contributed by atoms with Gasteiger partial charge in [0.05, 0.1) is 10.9 Å². The van der Waals surface area contributed by atoms with Crippen molar-refractivity contribution < 1.29 is 15.1 Å². The Labute approximate surface area is 164 Å². The Morgan fingerprint density at radius 3 is 2.69 bits per heavy atom. The molecule has 0 aliphatic rings. The molecule has 146 valence electrons. The number of fused-ring (bicyclic) bond motifs is 2. The van der Waals surface area contributed by atoms with Crippen molar-refractivity contribution in [2.75, 3.05) is 0 Å². The molecule has 0 saturated carbocycles. The van der Waals surface area contributed by atoms with E-state index in [0.29, 0.717) is 33.2 Å². The third kappa shape index (κ3) is 2.92. The fourth-order valence-corrected chi connectivity index (χ4v) is 3.19. The number of carbonyl (C=O) groups is 1. The van der Waals surface area contributed by atoms with Crippen LogP contribution in [-0.4, -0.2) is 30.5 Å². The Kier molecular flexibility index (Phi) is 4.34. The van der Waals surface area contributed by atoms with Gasteiger partial charge in [0.15, 0.2) is 5.69 Å². The molecule has 0 aliphatic heterocycles. The molecule has 4 rings (SSSR count). The van der Waals surface area contributed by atoms with Crippen LogP contribution in [-0.2, 0) is 6.54 Å². The lowest BCUT2D eigenvalue weighted by Gasteiger charge is -2.09. The number of amides is 1. The second kappa shape index (κ2) is 6.86. The molecule has 1 amide bonds. The fourth-order valence-electron chi connectivity index (χ4n) is 3.19. The number of benzene rings is 1. The third-order valence-corrected chi connectivity index (χ3v) is 4.67. The number of azo groups is 1. The highest BCUT2D eigenvalue weighted by molar-refractivity contribution is 5.98. The predicted molar refractivity (Wildman–Crippen MR) is 106 cm³/mol. The van der Waals surface area contributed by atoms with Gasteiger partial charge in [0.2, 0.25) is 5.43 Å². The molecule has 0 spiro atoms. The van der Waals surface area contributed by atoms with E-state index < -0.39 is 17.2 Å². The van der Waals surface area contributed by atoms with Gasteiger partial charge in [0, 0.05) is 23.8 Å². The van der Waals surface area contributed by atoms with E-state index in [1.54, 1.807) is 41.0 Å². The number of carbonyl (C=O) groups excluding carboxylic acids is 1. The van der Waals surface area contributed by atoms with Gasteiger partial charge in [-0.2, -0.15) is 0 Å². The molecule has 0 saturated heterocycles. The van der Waals surface area contributed by atoms with E-state index in [4.69, 9.17) is 0 Å². The molecule has 2 N–H and O–H groups in total. The number of para-hydroxylation sites is 1. The minimum atomic E-state index is -0.853. The van der Waals surface area contributed by atoms with E-state index in [0.717, 1.165) is 5.69 Å². The van der Waals surface area contributed by atoms with Crippen molar-refractivity contribution in [1.29, 1.82) is 0 Å². The molecule has 3 aromatic heterocycles. The van der Waals surface area contributed by atoms with Crippen LogP contribution in [0.15, 0.2) is 57.6 Å².